The smallest absolute Gasteiger partial charge is 0.411 e. The Hall–Kier alpha value is -1.24. The van der Waals surface area contributed by atoms with E-state index in [1.165, 1.54) is 7.11 Å². The molecule has 0 aromatic rings. The largest absolute Gasteiger partial charge is 0.444 e. The number of Topliss-reactive ketones (excluding diaryl/α,β-unsaturated/α-hetero) is 1. The molecule has 1 heterocycles. The lowest BCUT2D eigenvalue weighted by atomic mass is 10.1. The summed E-state index contributed by atoms with van der Waals surface area (Å²) in [5, 5.41) is 0. The summed E-state index contributed by atoms with van der Waals surface area (Å²) in [6, 6.07) is -1.19. The second-order valence-electron chi connectivity index (χ2n) is 5.58. The minimum absolute atomic E-state index is 0.306. The van der Waals surface area contributed by atoms with Crippen LogP contribution in [0.3, 0.4) is 0 Å². The molecule has 1 fully saturated rings. The molecule has 19 heavy (non-hydrogen) atoms. The molecule has 0 aromatic heterocycles. The zero-order valence-corrected chi connectivity index (χ0v) is 11.5. The van der Waals surface area contributed by atoms with Crippen molar-refractivity contribution in [3.8, 4) is 0 Å². The van der Waals surface area contributed by atoms with Gasteiger partial charge in [0, 0.05) is 13.5 Å². The van der Waals surface area contributed by atoms with E-state index in [1.807, 2.05) is 0 Å². The van der Waals surface area contributed by atoms with E-state index in [4.69, 9.17) is 4.74 Å². The molecule has 1 aliphatic heterocycles. The van der Waals surface area contributed by atoms with Gasteiger partial charge in [-0.25, -0.2) is 13.6 Å². The van der Waals surface area contributed by atoms with Crippen molar-refractivity contribution < 1.29 is 27.8 Å². The second-order valence-corrected chi connectivity index (χ2v) is 5.58. The van der Waals surface area contributed by atoms with Crippen molar-refractivity contribution in [3.05, 3.63) is 0 Å². The van der Waals surface area contributed by atoms with Gasteiger partial charge < -0.3 is 9.47 Å². The van der Waals surface area contributed by atoms with Crippen LogP contribution in [0, 0.1) is 0 Å². The molecule has 1 rings (SSSR count). The first-order valence-electron chi connectivity index (χ1n) is 5.95. The lowest BCUT2D eigenvalue weighted by Gasteiger charge is -2.27. The van der Waals surface area contributed by atoms with Gasteiger partial charge in [0.15, 0.2) is 5.78 Å². The third-order valence-electron chi connectivity index (χ3n) is 2.56. The van der Waals surface area contributed by atoms with Crippen LogP contribution in [0.2, 0.25) is 0 Å². The van der Waals surface area contributed by atoms with Crippen LogP contribution < -0.4 is 0 Å². The fraction of sp³-hybridized carbons (Fsp3) is 0.833. The lowest BCUT2D eigenvalue weighted by Crippen LogP contribution is -2.44. The SMILES string of the molecule is COCC(=O)[C@@H]1CC(F)(F)CN1C(=O)OC(C)(C)C. The van der Waals surface area contributed by atoms with Crippen molar-refractivity contribution in [1.29, 1.82) is 0 Å². The number of hydrogen-bond donors (Lipinski definition) is 0. The van der Waals surface area contributed by atoms with Crippen molar-refractivity contribution in [1.82, 2.24) is 4.90 Å². The maximum Gasteiger partial charge on any atom is 0.411 e. The highest BCUT2D eigenvalue weighted by molar-refractivity contribution is 5.89. The second kappa shape index (κ2) is 5.40. The molecule has 0 radical (unpaired) electrons. The zero-order chi connectivity index (χ0) is 14.8. The topological polar surface area (TPSA) is 55.8 Å². The maximum absolute atomic E-state index is 13.4. The van der Waals surface area contributed by atoms with E-state index in [2.05, 4.69) is 4.74 Å². The van der Waals surface area contributed by atoms with Gasteiger partial charge in [0.1, 0.15) is 18.2 Å². The summed E-state index contributed by atoms with van der Waals surface area (Å²) >= 11 is 0. The van der Waals surface area contributed by atoms with E-state index < -0.39 is 42.4 Å². The average molecular weight is 279 g/mol. The van der Waals surface area contributed by atoms with Gasteiger partial charge in [0.2, 0.25) is 0 Å². The molecule has 0 unspecified atom stereocenters. The van der Waals surface area contributed by atoms with E-state index in [-0.39, 0.29) is 6.61 Å². The number of methoxy groups -OCH3 is 1. The van der Waals surface area contributed by atoms with E-state index in [0.717, 1.165) is 4.90 Å². The third kappa shape index (κ3) is 4.41. The summed E-state index contributed by atoms with van der Waals surface area (Å²) in [5.74, 6) is -3.63. The van der Waals surface area contributed by atoms with Crippen LogP contribution in [-0.2, 0) is 14.3 Å². The molecule has 7 heteroatoms. The molecule has 110 valence electrons. The van der Waals surface area contributed by atoms with Gasteiger partial charge in [-0.1, -0.05) is 0 Å². The first-order chi connectivity index (χ1) is 8.56. The highest BCUT2D eigenvalue weighted by Crippen LogP contribution is 2.33. The van der Waals surface area contributed by atoms with Gasteiger partial charge in [-0.15, -0.1) is 0 Å². The van der Waals surface area contributed by atoms with Crippen LogP contribution in [0.1, 0.15) is 27.2 Å². The monoisotopic (exact) mass is 279 g/mol. The molecule has 1 saturated heterocycles. The Labute approximate surface area is 110 Å². The number of ketones is 1. The van der Waals surface area contributed by atoms with Crippen molar-refractivity contribution in [3.63, 3.8) is 0 Å². The fourth-order valence-corrected chi connectivity index (χ4v) is 1.86. The molecule has 1 amide bonds. The van der Waals surface area contributed by atoms with Crippen molar-refractivity contribution in [2.75, 3.05) is 20.3 Å². The number of nitrogens with zero attached hydrogens (tertiary/aromatic N) is 1. The molecule has 1 aliphatic rings. The molecular weight excluding hydrogens is 260 g/mol. The van der Waals surface area contributed by atoms with E-state index in [9.17, 15) is 18.4 Å². The first kappa shape index (κ1) is 15.8. The first-order valence-corrected chi connectivity index (χ1v) is 5.95. The molecule has 0 aromatic carbocycles. The minimum Gasteiger partial charge on any atom is -0.444 e. The van der Waals surface area contributed by atoms with Gasteiger partial charge in [-0.3, -0.25) is 9.69 Å². The van der Waals surface area contributed by atoms with Gasteiger partial charge in [-0.05, 0) is 20.8 Å². The summed E-state index contributed by atoms with van der Waals surface area (Å²) in [6.07, 6.45) is -1.59. The normalized spacial score (nSPS) is 22.4. The number of ether oxygens (including phenoxy) is 2. The summed E-state index contributed by atoms with van der Waals surface area (Å²) in [5.41, 5.74) is -0.802. The van der Waals surface area contributed by atoms with E-state index in [1.54, 1.807) is 20.8 Å². The Bertz CT molecular complexity index is 365. The number of carbonyl (C=O) groups excluding carboxylic acids is 2. The molecule has 0 bridgehead atoms. The number of alkyl halides is 2. The van der Waals surface area contributed by atoms with Crippen LogP contribution in [0.5, 0.6) is 0 Å². The van der Waals surface area contributed by atoms with Gasteiger partial charge >= 0.3 is 6.09 Å². The number of halogens is 2. The van der Waals surface area contributed by atoms with E-state index >= 15 is 0 Å². The third-order valence-corrected chi connectivity index (χ3v) is 2.56. The highest BCUT2D eigenvalue weighted by atomic mass is 19.3. The van der Waals surface area contributed by atoms with Crippen LogP contribution in [0.15, 0.2) is 0 Å². The maximum atomic E-state index is 13.4. The molecule has 5 nitrogen and oxygen atoms in total. The fourth-order valence-electron chi connectivity index (χ4n) is 1.86. The average Bonchev–Trinajstić information content (AvgIpc) is 2.52. The number of likely N-dealkylation sites (tertiary alicyclic amines) is 1. The Morgan fingerprint density at radius 3 is 2.42 bits per heavy atom. The summed E-state index contributed by atoms with van der Waals surface area (Å²) < 4.78 is 36.5. The molecular formula is C12H19F2NO4. The summed E-state index contributed by atoms with van der Waals surface area (Å²) in [7, 11) is 1.29. The van der Waals surface area contributed by atoms with Crippen molar-refractivity contribution in [2.45, 2.75) is 44.8 Å². The predicted octanol–water partition coefficient (Wildman–Crippen LogP) is 1.85. The Balaban J connectivity index is 2.83. The summed E-state index contributed by atoms with van der Waals surface area (Å²) in [6.45, 7) is 3.78. The molecule has 1 atom stereocenters. The Morgan fingerprint density at radius 1 is 1.37 bits per heavy atom. The quantitative estimate of drug-likeness (QED) is 0.791. The van der Waals surface area contributed by atoms with Crippen LogP contribution in [-0.4, -0.2) is 54.6 Å². The van der Waals surface area contributed by atoms with Crippen LogP contribution in [0.25, 0.3) is 0 Å². The Kier molecular flexibility index (Phi) is 4.50. The molecule has 0 aliphatic carbocycles. The van der Waals surface area contributed by atoms with Gasteiger partial charge in [0.25, 0.3) is 5.92 Å². The number of carbonyl (C=O) groups is 2. The zero-order valence-electron chi connectivity index (χ0n) is 11.5. The standard InChI is InChI=1S/C12H19F2NO4/c1-11(2,3)19-10(17)15-7-12(13,14)5-8(15)9(16)6-18-4/h8H,5-7H2,1-4H3/t8-/m0/s1. The molecule has 0 saturated carbocycles. The molecule has 0 N–H and O–H groups in total. The van der Waals surface area contributed by atoms with Crippen molar-refractivity contribution in [2.24, 2.45) is 0 Å². The lowest BCUT2D eigenvalue weighted by molar-refractivity contribution is -0.127. The van der Waals surface area contributed by atoms with Crippen LogP contribution >= 0.6 is 0 Å². The number of rotatable bonds is 3. The Morgan fingerprint density at radius 2 is 1.95 bits per heavy atom. The summed E-state index contributed by atoms with van der Waals surface area (Å²) in [4.78, 5) is 24.3. The van der Waals surface area contributed by atoms with E-state index in [0.29, 0.717) is 0 Å². The molecule has 0 spiro atoms. The number of hydrogen-bond acceptors (Lipinski definition) is 4. The highest BCUT2D eigenvalue weighted by Gasteiger charge is 2.50. The van der Waals surface area contributed by atoms with Gasteiger partial charge in [0.05, 0.1) is 6.54 Å². The predicted molar refractivity (Wildman–Crippen MR) is 63.2 cm³/mol. The minimum atomic E-state index is -3.08. The number of amides is 1. The van der Waals surface area contributed by atoms with Gasteiger partial charge in [-0.2, -0.15) is 0 Å². The van der Waals surface area contributed by atoms with Crippen molar-refractivity contribution >= 4 is 11.9 Å². The van der Waals surface area contributed by atoms with Crippen LogP contribution in [0.4, 0.5) is 13.6 Å².